The molecule has 98 valence electrons. The lowest BCUT2D eigenvalue weighted by atomic mass is 10.2. The fourth-order valence-corrected chi connectivity index (χ4v) is 2.74. The van der Waals surface area contributed by atoms with Crippen LogP contribution < -0.4 is 5.73 Å². The van der Waals surface area contributed by atoms with Gasteiger partial charge >= 0.3 is 0 Å². The molecule has 0 aromatic heterocycles. The van der Waals surface area contributed by atoms with E-state index in [4.69, 9.17) is 5.73 Å². The molecule has 0 aliphatic heterocycles. The van der Waals surface area contributed by atoms with Gasteiger partial charge in [-0.05, 0) is 37.6 Å². The molecule has 0 bridgehead atoms. The first-order chi connectivity index (χ1) is 8.97. The predicted molar refractivity (Wildman–Crippen MR) is 77.5 cm³/mol. The van der Waals surface area contributed by atoms with Crippen LogP contribution in [0.5, 0.6) is 0 Å². The van der Waals surface area contributed by atoms with E-state index in [9.17, 15) is 10.1 Å². The molecule has 0 spiro atoms. The first kappa shape index (κ1) is 13.4. The Morgan fingerprint density at radius 2 is 1.89 bits per heavy atom. The van der Waals surface area contributed by atoms with Crippen molar-refractivity contribution in [3.05, 3.63) is 57.6 Å². The average Bonchev–Trinajstić information content (AvgIpc) is 2.32. The number of nitrogens with two attached hydrogens (primary N) is 1. The molecule has 0 fully saturated rings. The lowest BCUT2D eigenvalue weighted by molar-refractivity contribution is -0.383. The summed E-state index contributed by atoms with van der Waals surface area (Å²) in [6, 6.07) is 11.0. The minimum Gasteiger partial charge on any atom is -0.393 e. The van der Waals surface area contributed by atoms with Gasteiger partial charge in [0.2, 0.25) is 0 Å². The molecule has 4 nitrogen and oxygen atoms in total. The number of nitrogen functional groups attached to an aromatic ring is 1. The van der Waals surface area contributed by atoms with E-state index in [1.54, 1.807) is 23.9 Å². The molecule has 2 N–H and O–H groups in total. The van der Waals surface area contributed by atoms with Crippen LogP contribution in [0, 0.1) is 24.0 Å². The largest absolute Gasteiger partial charge is 0.393 e. The molecule has 0 unspecified atom stereocenters. The van der Waals surface area contributed by atoms with Crippen molar-refractivity contribution >= 4 is 23.1 Å². The van der Waals surface area contributed by atoms with Crippen molar-refractivity contribution in [3.63, 3.8) is 0 Å². The maximum absolute atomic E-state index is 10.7. The number of nitrogens with zero attached hydrogens (tertiary/aromatic N) is 1. The SMILES string of the molecule is Cc1ccc(Sc2ccc([N+](=O)[O-])c(N)c2)c(C)c1. The fraction of sp³-hybridized carbons (Fsp3) is 0.143. The van der Waals surface area contributed by atoms with Crippen molar-refractivity contribution in [1.82, 2.24) is 0 Å². The summed E-state index contributed by atoms with van der Waals surface area (Å²) in [5, 5.41) is 10.7. The Bertz CT molecular complexity index is 641. The molecule has 19 heavy (non-hydrogen) atoms. The van der Waals surface area contributed by atoms with Gasteiger partial charge in [0.1, 0.15) is 5.69 Å². The number of anilines is 1. The van der Waals surface area contributed by atoms with Crippen molar-refractivity contribution in [3.8, 4) is 0 Å². The van der Waals surface area contributed by atoms with E-state index in [0.29, 0.717) is 0 Å². The third kappa shape index (κ3) is 3.06. The van der Waals surface area contributed by atoms with Gasteiger partial charge in [-0.25, -0.2) is 0 Å². The Morgan fingerprint density at radius 1 is 1.16 bits per heavy atom. The minimum atomic E-state index is -0.471. The smallest absolute Gasteiger partial charge is 0.292 e. The van der Waals surface area contributed by atoms with Crippen LogP contribution in [-0.4, -0.2) is 4.92 Å². The van der Waals surface area contributed by atoms with Crippen molar-refractivity contribution < 1.29 is 4.92 Å². The highest BCUT2D eigenvalue weighted by Crippen LogP contribution is 2.34. The second kappa shape index (κ2) is 5.32. The lowest BCUT2D eigenvalue weighted by Crippen LogP contribution is -1.95. The van der Waals surface area contributed by atoms with Crippen LogP contribution >= 0.6 is 11.8 Å². The summed E-state index contributed by atoms with van der Waals surface area (Å²) < 4.78 is 0. The maximum Gasteiger partial charge on any atom is 0.292 e. The van der Waals surface area contributed by atoms with Gasteiger partial charge < -0.3 is 5.73 Å². The van der Waals surface area contributed by atoms with Gasteiger partial charge in [-0.2, -0.15) is 0 Å². The molecule has 0 atom stereocenters. The molecule has 2 rings (SSSR count). The highest BCUT2D eigenvalue weighted by atomic mass is 32.2. The summed E-state index contributed by atoms with van der Waals surface area (Å²) in [6.45, 7) is 4.09. The van der Waals surface area contributed by atoms with Crippen LogP contribution in [0.4, 0.5) is 11.4 Å². The third-order valence-corrected chi connectivity index (χ3v) is 3.92. The van der Waals surface area contributed by atoms with E-state index in [1.807, 2.05) is 26.0 Å². The highest BCUT2D eigenvalue weighted by Gasteiger charge is 2.12. The van der Waals surface area contributed by atoms with Gasteiger partial charge in [0.15, 0.2) is 0 Å². The predicted octanol–water partition coefficient (Wildman–Crippen LogP) is 3.95. The van der Waals surface area contributed by atoms with Crippen LogP contribution in [0.2, 0.25) is 0 Å². The Morgan fingerprint density at radius 3 is 2.47 bits per heavy atom. The molecule has 0 heterocycles. The second-order valence-electron chi connectivity index (χ2n) is 4.35. The number of aryl methyl sites for hydroxylation is 2. The first-order valence-electron chi connectivity index (χ1n) is 5.76. The molecule has 2 aromatic rings. The van der Waals surface area contributed by atoms with E-state index in [-0.39, 0.29) is 11.4 Å². The molecule has 0 radical (unpaired) electrons. The quantitative estimate of drug-likeness (QED) is 0.523. The lowest BCUT2D eigenvalue weighted by Gasteiger charge is -2.07. The molecule has 0 amide bonds. The van der Waals surface area contributed by atoms with Crippen molar-refractivity contribution in [2.24, 2.45) is 0 Å². The van der Waals surface area contributed by atoms with Crippen LogP contribution in [0.25, 0.3) is 0 Å². The first-order valence-corrected chi connectivity index (χ1v) is 6.58. The van der Waals surface area contributed by atoms with Crippen molar-refractivity contribution in [2.45, 2.75) is 23.6 Å². The molecule has 0 aliphatic rings. The monoisotopic (exact) mass is 274 g/mol. The van der Waals surface area contributed by atoms with Gasteiger partial charge in [0, 0.05) is 15.9 Å². The van der Waals surface area contributed by atoms with E-state index in [1.165, 1.54) is 17.2 Å². The summed E-state index contributed by atoms with van der Waals surface area (Å²) in [4.78, 5) is 12.3. The number of benzene rings is 2. The van der Waals surface area contributed by atoms with Crippen molar-refractivity contribution in [1.29, 1.82) is 0 Å². The molecule has 0 aliphatic carbocycles. The highest BCUT2D eigenvalue weighted by molar-refractivity contribution is 7.99. The maximum atomic E-state index is 10.7. The van der Waals surface area contributed by atoms with Crippen LogP contribution in [-0.2, 0) is 0 Å². The number of nitro groups is 1. The minimum absolute atomic E-state index is 0.0509. The Labute approximate surface area is 115 Å². The third-order valence-electron chi connectivity index (χ3n) is 2.75. The summed E-state index contributed by atoms with van der Waals surface area (Å²) >= 11 is 1.55. The number of nitro benzene ring substituents is 1. The van der Waals surface area contributed by atoms with Gasteiger partial charge in [-0.15, -0.1) is 0 Å². The zero-order valence-corrected chi connectivity index (χ0v) is 11.5. The summed E-state index contributed by atoms with van der Waals surface area (Å²) in [5.41, 5.74) is 8.22. The molecule has 0 saturated carbocycles. The van der Waals surface area contributed by atoms with Gasteiger partial charge in [-0.1, -0.05) is 29.5 Å². The van der Waals surface area contributed by atoms with E-state index in [0.717, 1.165) is 9.79 Å². The van der Waals surface area contributed by atoms with E-state index < -0.39 is 4.92 Å². The van der Waals surface area contributed by atoms with Gasteiger partial charge in [0.05, 0.1) is 4.92 Å². The molecule has 5 heteroatoms. The van der Waals surface area contributed by atoms with Gasteiger partial charge in [-0.3, -0.25) is 10.1 Å². The van der Waals surface area contributed by atoms with E-state index >= 15 is 0 Å². The number of rotatable bonds is 3. The average molecular weight is 274 g/mol. The number of hydrogen-bond acceptors (Lipinski definition) is 4. The normalized spacial score (nSPS) is 10.4. The molecular weight excluding hydrogens is 260 g/mol. The van der Waals surface area contributed by atoms with Crippen LogP contribution in [0.1, 0.15) is 11.1 Å². The summed E-state index contributed by atoms with van der Waals surface area (Å²) in [7, 11) is 0. The molecular formula is C14H14N2O2S. The Kier molecular flexibility index (Phi) is 3.76. The zero-order valence-electron chi connectivity index (χ0n) is 10.7. The molecule has 2 aromatic carbocycles. The Balaban J connectivity index is 2.29. The summed E-state index contributed by atoms with van der Waals surface area (Å²) in [6.07, 6.45) is 0. The Hall–Kier alpha value is -2.01. The second-order valence-corrected chi connectivity index (χ2v) is 5.46. The van der Waals surface area contributed by atoms with Crippen molar-refractivity contribution in [2.75, 3.05) is 5.73 Å². The number of hydrogen-bond donors (Lipinski definition) is 1. The topological polar surface area (TPSA) is 69.2 Å². The van der Waals surface area contributed by atoms with Gasteiger partial charge in [0.25, 0.3) is 5.69 Å². The molecule has 0 saturated heterocycles. The standard InChI is InChI=1S/C14H14N2O2S/c1-9-3-6-14(10(2)7-9)19-11-4-5-13(16(17)18)12(15)8-11/h3-8H,15H2,1-2H3. The van der Waals surface area contributed by atoms with Crippen LogP contribution in [0.15, 0.2) is 46.2 Å². The fourth-order valence-electron chi connectivity index (χ4n) is 1.80. The zero-order chi connectivity index (χ0) is 14.0. The summed E-state index contributed by atoms with van der Waals surface area (Å²) in [5.74, 6) is 0. The van der Waals surface area contributed by atoms with E-state index in [2.05, 4.69) is 6.07 Å². The van der Waals surface area contributed by atoms with Crippen LogP contribution in [0.3, 0.4) is 0 Å².